The van der Waals surface area contributed by atoms with Gasteiger partial charge in [0.15, 0.2) is 3.23 Å². The van der Waals surface area contributed by atoms with E-state index in [9.17, 15) is 4.79 Å². The van der Waals surface area contributed by atoms with Gasteiger partial charge in [-0.1, -0.05) is 37.9 Å². The summed E-state index contributed by atoms with van der Waals surface area (Å²) < 4.78 is -0.616. The number of rotatable bonds is 1. The summed E-state index contributed by atoms with van der Waals surface area (Å²) in [5.74, 6) is 0.0522. The Labute approximate surface area is 105 Å². The number of aromatic nitrogens is 1. The molecule has 0 N–H and O–H groups in total. The van der Waals surface area contributed by atoms with Crippen molar-refractivity contribution in [1.82, 2.24) is 9.88 Å². The monoisotopic (exact) mass is 332 g/mol. The summed E-state index contributed by atoms with van der Waals surface area (Å²) in [4.78, 5) is 17.6. The van der Waals surface area contributed by atoms with Gasteiger partial charge in [0.05, 0.1) is 6.04 Å². The lowest BCUT2D eigenvalue weighted by molar-refractivity contribution is -0.127. The van der Waals surface area contributed by atoms with Crippen LogP contribution in [0.25, 0.3) is 0 Å². The Hall–Kier alpha value is -0.420. The second-order valence-corrected chi connectivity index (χ2v) is 7.40. The van der Waals surface area contributed by atoms with Crippen LogP contribution in [0.2, 0.25) is 0 Å². The molecule has 15 heavy (non-hydrogen) atoms. The fraction of sp³-hybridized carbons (Fsp3) is 0.400. The number of hydrogen-bond acceptors (Lipinski definition) is 2. The maximum atomic E-state index is 11.8. The van der Waals surface area contributed by atoms with Crippen molar-refractivity contribution in [3.8, 4) is 0 Å². The minimum atomic E-state index is -0.616. The second kappa shape index (κ2) is 3.87. The van der Waals surface area contributed by atoms with E-state index in [1.165, 1.54) is 0 Å². The summed E-state index contributed by atoms with van der Waals surface area (Å²) in [5, 5.41) is 0. The molecule has 0 bridgehead atoms. The smallest absolute Gasteiger partial charge is 0.250 e. The predicted molar refractivity (Wildman–Crippen MR) is 65.0 cm³/mol. The minimum Gasteiger partial charge on any atom is -0.337 e. The normalized spacial score (nSPS) is 24.6. The van der Waals surface area contributed by atoms with Crippen molar-refractivity contribution >= 4 is 37.8 Å². The van der Waals surface area contributed by atoms with Gasteiger partial charge in [0.1, 0.15) is 0 Å². The third kappa shape index (κ3) is 1.95. The van der Waals surface area contributed by atoms with E-state index in [-0.39, 0.29) is 11.9 Å². The summed E-state index contributed by atoms with van der Waals surface area (Å²) >= 11 is 6.78. The lowest BCUT2D eigenvalue weighted by Gasteiger charge is -2.18. The Morgan fingerprint density at radius 3 is 2.80 bits per heavy atom. The fourth-order valence-corrected chi connectivity index (χ4v) is 2.95. The van der Waals surface area contributed by atoms with E-state index in [1.54, 1.807) is 17.3 Å². The number of likely N-dealkylation sites (tertiary alicyclic amines) is 1. The summed E-state index contributed by atoms with van der Waals surface area (Å²) in [6.45, 7) is 0. The van der Waals surface area contributed by atoms with Crippen LogP contribution in [-0.2, 0) is 4.79 Å². The Morgan fingerprint density at radius 1 is 1.60 bits per heavy atom. The van der Waals surface area contributed by atoms with Crippen molar-refractivity contribution < 1.29 is 4.79 Å². The standard InChI is InChI=1S/C10H10Br2N2O/c1-14-8(5-10(11,12)9(14)15)7-3-2-4-13-6-7/h2-4,6,8H,5H2,1H3/t8-/m1/s1. The molecule has 0 aliphatic carbocycles. The van der Waals surface area contributed by atoms with Crippen molar-refractivity contribution in [2.75, 3.05) is 7.05 Å². The first-order valence-electron chi connectivity index (χ1n) is 4.57. The predicted octanol–water partition coefficient (Wildman–Crippen LogP) is 2.47. The second-order valence-electron chi connectivity index (χ2n) is 3.63. The van der Waals surface area contributed by atoms with E-state index in [0.29, 0.717) is 6.42 Å². The zero-order valence-electron chi connectivity index (χ0n) is 8.15. The molecule has 0 aromatic carbocycles. The maximum absolute atomic E-state index is 11.8. The van der Waals surface area contributed by atoms with E-state index < -0.39 is 3.23 Å². The van der Waals surface area contributed by atoms with E-state index >= 15 is 0 Å². The van der Waals surface area contributed by atoms with Gasteiger partial charge in [0.25, 0.3) is 5.91 Å². The first kappa shape index (κ1) is 11.1. The largest absolute Gasteiger partial charge is 0.337 e. The molecule has 2 heterocycles. The van der Waals surface area contributed by atoms with E-state index in [1.807, 2.05) is 19.2 Å². The molecule has 1 amide bonds. The van der Waals surface area contributed by atoms with Gasteiger partial charge in [0.2, 0.25) is 0 Å². The topological polar surface area (TPSA) is 33.2 Å². The molecule has 1 aliphatic heterocycles. The highest BCUT2D eigenvalue weighted by Crippen LogP contribution is 2.46. The summed E-state index contributed by atoms with van der Waals surface area (Å²) in [5.41, 5.74) is 1.06. The zero-order chi connectivity index (χ0) is 11.1. The van der Waals surface area contributed by atoms with Gasteiger partial charge < -0.3 is 4.90 Å². The van der Waals surface area contributed by atoms with Gasteiger partial charge in [-0.2, -0.15) is 0 Å². The van der Waals surface area contributed by atoms with Gasteiger partial charge >= 0.3 is 0 Å². The van der Waals surface area contributed by atoms with Crippen molar-refractivity contribution in [3.63, 3.8) is 0 Å². The molecule has 0 spiro atoms. The molecule has 1 saturated heterocycles. The first-order valence-corrected chi connectivity index (χ1v) is 6.16. The van der Waals surface area contributed by atoms with E-state index in [4.69, 9.17) is 0 Å². The van der Waals surface area contributed by atoms with Crippen molar-refractivity contribution in [3.05, 3.63) is 30.1 Å². The van der Waals surface area contributed by atoms with Crippen LogP contribution < -0.4 is 0 Å². The average Bonchev–Trinajstić information content (AvgIpc) is 2.44. The van der Waals surface area contributed by atoms with Crippen LogP contribution in [0.4, 0.5) is 0 Å². The van der Waals surface area contributed by atoms with Crippen molar-refractivity contribution in [2.24, 2.45) is 0 Å². The van der Waals surface area contributed by atoms with Crippen LogP contribution in [0.1, 0.15) is 18.0 Å². The Morgan fingerprint density at radius 2 is 2.33 bits per heavy atom. The molecule has 2 rings (SSSR count). The van der Waals surface area contributed by atoms with Crippen LogP contribution in [-0.4, -0.2) is 26.1 Å². The number of carbonyl (C=O) groups excluding carboxylic acids is 1. The number of carbonyl (C=O) groups is 1. The van der Waals surface area contributed by atoms with Crippen molar-refractivity contribution in [1.29, 1.82) is 0 Å². The third-order valence-electron chi connectivity index (χ3n) is 2.62. The highest BCUT2D eigenvalue weighted by Gasteiger charge is 2.47. The number of hydrogen-bond donors (Lipinski definition) is 0. The number of alkyl halides is 2. The molecule has 1 aromatic heterocycles. The molecular formula is C10H10Br2N2O. The molecule has 1 atom stereocenters. The van der Waals surface area contributed by atoms with E-state index in [0.717, 1.165) is 5.56 Å². The molecule has 1 aromatic rings. The number of amides is 1. The molecule has 1 fully saturated rings. The molecular weight excluding hydrogens is 324 g/mol. The Kier molecular flexibility index (Phi) is 2.85. The lowest BCUT2D eigenvalue weighted by atomic mass is 10.1. The van der Waals surface area contributed by atoms with Gasteiger partial charge in [-0.3, -0.25) is 9.78 Å². The maximum Gasteiger partial charge on any atom is 0.250 e. The van der Waals surface area contributed by atoms with Crippen LogP contribution in [0, 0.1) is 0 Å². The van der Waals surface area contributed by atoms with Crippen LogP contribution in [0.5, 0.6) is 0 Å². The number of halogens is 2. The summed E-state index contributed by atoms with van der Waals surface area (Å²) in [6, 6.07) is 3.96. The average molecular weight is 334 g/mol. The van der Waals surface area contributed by atoms with Crippen LogP contribution in [0.15, 0.2) is 24.5 Å². The Bertz CT molecular complexity index is 380. The zero-order valence-corrected chi connectivity index (χ0v) is 11.3. The van der Waals surface area contributed by atoms with Crippen molar-refractivity contribution in [2.45, 2.75) is 15.7 Å². The minimum absolute atomic E-state index is 0.0522. The van der Waals surface area contributed by atoms with Gasteiger partial charge in [0, 0.05) is 25.9 Å². The lowest BCUT2D eigenvalue weighted by Crippen LogP contribution is -2.28. The highest BCUT2D eigenvalue weighted by molar-refractivity contribution is 9.25. The third-order valence-corrected chi connectivity index (χ3v) is 3.95. The fourth-order valence-electron chi connectivity index (χ4n) is 1.78. The summed E-state index contributed by atoms with van der Waals surface area (Å²) in [6.07, 6.45) is 4.24. The van der Waals surface area contributed by atoms with Gasteiger partial charge in [-0.05, 0) is 11.6 Å². The molecule has 0 unspecified atom stereocenters. The molecule has 5 heteroatoms. The Balaban J connectivity index is 2.31. The molecule has 80 valence electrons. The molecule has 3 nitrogen and oxygen atoms in total. The van der Waals surface area contributed by atoms with Gasteiger partial charge in [-0.15, -0.1) is 0 Å². The number of nitrogens with zero attached hydrogens (tertiary/aromatic N) is 2. The molecule has 0 radical (unpaired) electrons. The molecule has 0 saturated carbocycles. The van der Waals surface area contributed by atoms with Gasteiger partial charge in [-0.25, -0.2) is 0 Å². The molecule has 1 aliphatic rings. The van der Waals surface area contributed by atoms with Crippen LogP contribution in [0.3, 0.4) is 0 Å². The van der Waals surface area contributed by atoms with E-state index in [2.05, 4.69) is 36.8 Å². The SMILES string of the molecule is CN1C(=O)C(Br)(Br)C[C@@H]1c1cccnc1. The highest BCUT2D eigenvalue weighted by atomic mass is 79.9. The van der Waals surface area contributed by atoms with Crippen LogP contribution >= 0.6 is 31.9 Å². The first-order chi connectivity index (χ1) is 7.02. The number of pyridine rings is 1. The summed E-state index contributed by atoms with van der Waals surface area (Å²) in [7, 11) is 1.81. The quantitative estimate of drug-likeness (QED) is 0.740.